The summed E-state index contributed by atoms with van der Waals surface area (Å²) in [5, 5.41) is 1.37. The van der Waals surface area contributed by atoms with E-state index in [9.17, 15) is 0 Å². The molecule has 0 aromatic heterocycles. The molecule has 0 bridgehead atoms. The molecule has 2 rings (SSSR count). The number of hydrogen-bond donors (Lipinski definition) is 0. The van der Waals surface area contributed by atoms with Gasteiger partial charge in [-0.15, -0.1) is 0 Å². The molecule has 0 spiro atoms. The Kier molecular flexibility index (Phi) is 4.77. The van der Waals surface area contributed by atoms with Crippen molar-refractivity contribution < 1.29 is 4.74 Å². The van der Waals surface area contributed by atoms with Gasteiger partial charge in [0.25, 0.3) is 0 Å². The average molecular weight is 360 g/mol. The van der Waals surface area contributed by atoms with Crippen molar-refractivity contribution in [2.75, 3.05) is 7.11 Å². The molecule has 0 saturated carbocycles. The van der Waals surface area contributed by atoms with Crippen molar-refractivity contribution in [2.24, 2.45) is 0 Å². The van der Waals surface area contributed by atoms with Gasteiger partial charge in [0.15, 0.2) is 0 Å². The van der Waals surface area contributed by atoms with Gasteiger partial charge >= 0.3 is 0 Å². The second-order valence-corrected chi connectivity index (χ2v) is 6.01. The highest BCUT2D eigenvalue weighted by atomic mass is 79.9. The molecule has 4 heteroatoms. The third kappa shape index (κ3) is 3.25. The van der Waals surface area contributed by atoms with Gasteiger partial charge in [-0.3, -0.25) is 0 Å². The first-order chi connectivity index (χ1) is 9.02. The largest absolute Gasteiger partial charge is 0.497 e. The van der Waals surface area contributed by atoms with Crippen molar-refractivity contribution in [1.82, 2.24) is 0 Å². The zero-order valence-corrected chi connectivity index (χ0v) is 13.7. The molecule has 100 valence electrons. The minimum Gasteiger partial charge on any atom is -0.497 e. The van der Waals surface area contributed by atoms with E-state index in [0.29, 0.717) is 10.0 Å². The topological polar surface area (TPSA) is 9.23 Å². The predicted molar refractivity (Wildman–Crippen MR) is 85.0 cm³/mol. The molecule has 2 aromatic rings. The molecule has 0 heterocycles. The summed E-state index contributed by atoms with van der Waals surface area (Å²) in [6.45, 7) is 2.05. The van der Waals surface area contributed by atoms with Gasteiger partial charge in [0, 0.05) is 10.0 Å². The number of ether oxygens (including phenoxy) is 1. The number of hydrogen-bond acceptors (Lipinski definition) is 1. The number of rotatable bonds is 3. The highest BCUT2D eigenvalue weighted by Gasteiger charge is 2.16. The van der Waals surface area contributed by atoms with Gasteiger partial charge in [0.1, 0.15) is 5.75 Å². The molecule has 0 aliphatic heterocycles. The maximum atomic E-state index is 6.24. The van der Waals surface area contributed by atoms with Gasteiger partial charge in [-0.05, 0) is 53.9 Å². The van der Waals surface area contributed by atoms with Crippen molar-refractivity contribution in [3.8, 4) is 5.75 Å². The lowest BCUT2D eigenvalue weighted by Gasteiger charge is -2.16. The first-order valence-electron chi connectivity index (χ1n) is 5.76. The summed E-state index contributed by atoms with van der Waals surface area (Å²) in [5.41, 5.74) is 3.24. The number of halogens is 3. The van der Waals surface area contributed by atoms with Crippen molar-refractivity contribution in [2.45, 2.75) is 11.8 Å². The van der Waals surface area contributed by atoms with E-state index in [2.05, 4.69) is 15.9 Å². The average Bonchev–Trinajstić information content (AvgIpc) is 2.40. The van der Waals surface area contributed by atoms with E-state index in [-0.39, 0.29) is 4.83 Å². The van der Waals surface area contributed by atoms with Crippen LogP contribution in [0.3, 0.4) is 0 Å². The lowest BCUT2D eigenvalue weighted by molar-refractivity contribution is 0.414. The number of benzene rings is 2. The highest BCUT2D eigenvalue weighted by Crippen LogP contribution is 2.38. The molecule has 2 aromatic carbocycles. The first-order valence-corrected chi connectivity index (χ1v) is 7.43. The Balaban J connectivity index is 2.43. The summed E-state index contributed by atoms with van der Waals surface area (Å²) in [6, 6.07) is 11.5. The fraction of sp³-hybridized carbons (Fsp3) is 0.200. The van der Waals surface area contributed by atoms with E-state index >= 15 is 0 Å². The fourth-order valence-corrected chi connectivity index (χ4v) is 3.37. The summed E-state index contributed by atoms with van der Waals surface area (Å²) in [5.74, 6) is 0.846. The Morgan fingerprint density at radius 2 is 1.79 bits per heavy atom. The molecule has 1 atom stereocenters. The van der Waals surface area contributed by atoms with Crippen molar-refractivity contribution in [3.05, 3.63) is 63.1 Å². The van der Waals surface area contributed by atoms with Crippen LogP contribution in [0.15, 0.2) is 36.4 Å². The van der Waals surface area contributed by atoms with E-state index < -0.39 is 0 Å². The lowest BCUT2D eigenvalue weighted by Crippen LogP contribution is -1.97. The van der Waals surface area contributed by atoms with Crippen molar-refractivity contribution >= 4 is 39.1 Å². The molecular weight excluding hydrogens is 347 g/mol. The molecule has 1 unspecified atom stereocenters. The van der Waals surface area contributed by atoms with Crippen LogP contribution < -0.4 is 4.74 Å². The highest BCUT2D eigenvalue weighted by molar-refractivity contribution is 9.09. The van der Waals surface area contributed by atoms with Crippen LogP contribution in [0.4, 0.5) is 0 Å². The summed E-state index contributed by atoms with van der Waals surface area (Å²) >= 11 is 16.0. The van der Waals surface area contributed by atoms with Crippen molar-refractivity contribution in [1.29, 1.82) is 0 Å². The monoisotopic (exact) mass is 358 g/mol. The van der Waals surface area contributed by atoms with E-state index in [1.54, 1.807) is 13.2 Å². The quantitative estimate of drug-likeness (QED) is 0.629. The van der Waals surface area contributed by atoms with Gasteiger partial charge in [-0.25, -0.2) is 0 Å². The smallest absolute Gasteiger partial charge is 0.119 e. The number of alkyl halides is 1. The molecule has 1 nitrogen and oxygen atoms in total. The maximum absolute atomic E-state index is 6.24. The van der Waals surface area contributed by atoms with Gasteiger partial charge in [-0.1, -0.05) is 45.2 Å². The molecule has 0 saturated heterocycles. The maximum Gasteiger partial charge on any atom is 0.119 e. The summed E-state index contributed by atoms with van der Waals surface area (Å²) < 4.78 is 5.22. The second-order valence-electron chi connectivity index (χ2n) is 4.25. The van der Waals surface area contributed by atoms with E-state index in [1.165, 1.54) is 0 Å². The molecule has 0 radical (unpaired) electrons. The normalized spacial score (nSPS) is 12.3. The van der Waals surface area contributed by atoms with Crippen LogP contribution in [0.2, 0.25) is 10.0 Å². The summed E-state index contributed by atoms with van der Waals surface area (Å²) in [6.07, 6.45) is 0. The van der Waals surface area contributed by atoms with Gasteiger partial charge in [0.05, 0.1) is 11.9 Å². The molecule has 0 aliphatic carbocycles. The Bertz CT molecular complexity index is 599. The zero-order valence-electron chi connectivity index (χ0n) is 10.6. The third-order valence-corrected chi connectivity index (χ3v) is 4.55. The second kappa shape index (κ2) is 6.17. The van der Waals surface area contributed by atoms with E-state index in [4.69, 9.17) is 27.9 Å². The van der Waals surface area contributed by atoms with Crippen LogP contribution in [0.1, 0.15) is 21.5 Å². The molecule has 19 heavy (non-hydrogen) atoms. The van der Waals surface area contributed by atoms with Crippen LogP contribution >= 0.6 is 39.1 Å². The van der Waals surface area contributed by atoms with E-state index in [0.717, 1.165) is 22.4 Å². The first kappa shape index (κ1) is 14.7. The summed E-state index contributed by atoms with van der Waals surface area (Å²) in [7, 11) is 1.66. The van der Waals surface area contributed by atoms with Gasteiger partial charge in [-0.2, -0.15) is 0 Å². The fourth-order valence-electron chi connectivity index (χ4n) is 1.94. The molecule has 0 fully saturated rings. The number of methoxy groups -OCH3 is 1. The standard InChI is InChI=1S/C15H13BrCl2O/c1-9-7-11(19-2)4-5-12(9)15(16)13-8-10(17)3-6-14(13)18/h3-8,15H,1-2H3. The third-order valence-electron chi connectivity index (χ3n) is 2.98. The molecular formula is C15H13BrCl2O. The Hall–Kier alpha value is -0.700. The van der Waals surface area contributed by atoms with Crippen LogP contribution in [0.5, 0.6) is 5.75 Å². The Morgan fingerprint density at radius 1 is 1.05 bits per heavy atom. The van der Waals surface area contributed by atoms with Crippen LogP contribution in [0.25, 0.3) is 0 Å². The van der Waals surface area contributed by atoms with Crippen molar-refractivity contribution in [3.63, 3.8) is 0 Å². The van der Waals surface area contributed by atoms with Crippen LogP contribution in [-0.2, 0) is 0 Å². The van der Waals surface area contributed by atoms with Crippen LogP contribution in [-0.4, -0.2) is 7.11 Å². The number of aryl methyl sites for hydroxylation is 1. The molecule has 0 amide bonds. The molecule has 0 N–H and O–H groups in total. The van der Waals surface area contributed by atoms with Gasteiger partial charge in [0.2, 0.25) is 0 Å². The summed E-state index contributed by atoms with van der Waals surface area (Å²) in [4.78, 5) is 0.00426. The zero-order chi connectivity index (χ0) is 14.0. The Morgan fingerprint density at radius 3 is 2.42 bits per heavy atom. The molecule has 0 aliphatic rings. The van der Waals surface area contributed by atoms with Crippen LogP contribution in [0, 0.1) is 6.92 Å². The Labute approximate surface area is 131 Å². The predicted octanol–water partition coefficient (Wildman–Crippen LogP) is 5.79. The SMILES string of the molecule is COc1ccc(C(Br)c2cc(Cl)ccc2Cl)c(C)c1. The minimum absolute atomic E-state index is 0.00426. The van der Waals surface area contributed by atoms with Gasteiger partial charge < -0.3 is 4.74 Å². The van der Waals surface area contributed by atoms with E-state index in [1.807, 2.05) is 37.3 Å². The minimum atomic E-state index is 0.00426. The lowest BCUT2D eigenvalue weighted by atomic mass is 10.00.